The van der Waals surface area contributed by atoms with Crippen LogP contribution in [0.2, 0.25) is 0 Å². The lowest BCUT2D eigenvalue weighted by Crippen LogP contribution is -2.33. The van der Waals surface area contributed by atoms with Crippen LogP contribution in [0.3, 0.4) is 0 Å². The van der Waals surface area contributed by atoms with Crippen LogP contribution in [-0.4, -0.2) is 39.2 Å². The van der Waals surface area contributed by atoms with Crippen molar-refractivity contribution >= 4 is 17.1 Å². The normalized spacial score (nSPS) is 15.4. The van der Waals surface area contributed by atoms with E-state index in [1.807, 2.05) is 19.1 Å². The Morgan fingerprint density at radius 2 is 1.93 bits per heavy atom. The third kappa shape index (κ3) is 3.11. The summed E-state index contributed by atoms with van der Waals surface area (Å²) in [6.45, 7) is 4.28. The highest BCUT2D eigenvalue weighted by atomic mass is 16.5. The Labute approximate surface area is 155 Å². The standard InChI is InChI=1S/C19H23N5O3/c1-3-27-14-7-5-4-6-13(14)12-8-10-24(11-9-12)18-20-15-16(21-18)23(2)19(26)22-17(15)25/h4-7,12H,3,8-11H2,1-2H3,(H,20,21)(H,22,25,26). The van der Waals surface area contributed by atoms with Gasteiger partial charge in [0.05, 0.1) is 6.61 Å². The number of fused-ring (bicyclic) bond motifs is 1. The van der Waals surface area contributed by atoms with Gasteiger partial charge >= 0.3 is 5.69 Å². The molecule has 8 heteroatoms. The smallest absolute Gasteiger partial charge is 0.329 e. The second-order valence-electron chi connectivity index (χ2n) is 6.81. The molecule has 0 spiro atoms. The van der Waals surface area contributed by atoms with Gasteiger partial charge in [0.1, 0.15) is 5.75 Å². The van der Waals surface area contributed by atoms with Gasteiger partial charge < -0.3 is 14.6 Å². The number of aromatic nitrogens is 4. The van der Waals surface area contributed by atoms with Crippen molar-refractivity contribution in [1.82, 2.24) is 19.5 Å². The van der Waals surface area contributed by atoms with E-state index >= 15 is 0 Å². The lowest BCUT2D eigenvalue weighted by Gasteiger charge is -2.32. The molecule has 0 unspecified atom stereocenters. The minimum atomic E-state index is -0.461. The fraction of sp³-hybridized carbons (Fsp3) is 0.421. The molecule has 0 aliphatic carbocycles. The molecular formula is C19H23N5O3. The molecule has 1 fully saturated rings. The topological polar surface area (TPSA) is 96.0 Å². The molecule has 0 saturated carbocycles. The minimum absolute atomic E-state index is 0.330. The average Bonchev–Trinajstić information content (AvgIpc) is 3.13. The van der Waals surface area contributed by atoms with Gasteiger partial charge in [-0.3, -0.25) is 14.3 Å². The van der Waals surface area contributed by atoms with Crippen molar-refractivity contribution in [2.24, 2.45) is 7.05 Å². The first-order valence-corrected chi connectivity index (χ1v) is 9.24. The number of nitrogens with zero attached hydrogens (tertiary/aromatic N) is 3. The molecule has 1 aliphatic rings. The maximum atomic E-state index is 12.0. The van der Waals surface area contributed by atoms with E-state index in [2.05, 4.69) is 32.0 Å². The number of imidazole rings is 1. The first-order valence-electron chi connectivity index (χ1n) is 9.24. The molecule has 0 bridgehead atoms. The fourth-order valence-corrected chi connectivity index (χ4v) is 3.75. The number of hydrogen-bond acceptors (Lipinski definition) is 5. The number of anilines is 1. The number of piperidine rings is 1. The average molecular weight is 369 g/mol. The van der Waals surface area contributed by atoms with E-state index in [4.69, 9.17) is 4.74 Å². The van der Waals surface area contributed by atoms with Crippen LogP contribution in [0.5, 0.6) is 5.75 Å². The van der Waals surface area contributed by atoms with Crippen molar-refractivity contribution in [2.75, 3.05) is 24.6 Å². The molecule has 4 rings (SSSR count). The molecule has 3 aromatic rings. The van der Waals surface area contributed by atoms with Crippen LogP contribution in [0.1, 0.15) is 31.2 Å². The quantitative estimate of drug-likeness (QED) is 0.730. The summed E-state index contributed by atoms with van der Waals surface area (Å²) < 4.78 is 7.13. The van der Waals surface area contributed by atoms with Crippen LogP contribution >= 0.6 is 0 Å². The lowest BCUT2D eigenvalue weighted by molar-refractivity contribution is 0.331. The van der Waals surface area contributed by atoms with Gasteiger partial charge in [0.15, 0.2) is 11.2 Å². The van der Waals surface area contributed by atoms with Crippen molar-refractivity contribution < 1.29 is 4.74 Å². The van der Waals surface area contributed by atoms with Gasteiger partial charge in [0, 0.05) is 20.1 Å². The summed E-state index contributed by atoms with van der Waals surface area (Å²) in [6.07, 6.45) is 1.94. The number of para-hydroxylation sites is 1. The maximum Gasteiger partial charge on any atom is 0.329 e. The number of rotatable bonds is 4. The molecule has 1 aromatic carbocycles. The van der Waals surface area contributed by atoms with E-state index in [0.717, 1.165) is 31.7 Å². The number of aromatic amines is 2. The van der Waals surface area contributed by atoms with Crippen molar-refractivity contribution in [1.29, 1.82) is 0 Å². The molecule has 2 N–H and O–H groups in total. The van der Waals surface area contributed by atoms with Crippen LogP contribution in [0.15, 0.2) is 33.9 Å². The Morgan fingerprint density at radius 1 is 1.19 bits per heavy atom. The third-order valence-electron chi connectivity index (χ3n) is 5.20. The first kappa shape index (κ1) is 17.4. The number of benzene rings is 1. The molecule has 8 nitrogen and oxygen atoms in total. The number of H-pyrrole nitrogens is 2. The van der Waals surface area contributed by atoms with E-state index < -0.39 is 11.2 Å². The highest BCUT2D eigenvalue weighted by Crippen LogP contribution is 2.35. The summed E-state index contributed by atoms with van der Waals surface area (Å²) in [6, 6.07) is 8.22. The van der Waals surface area contributed by atoms with E-state index in [-0.39, 0.29) is 0 Å². The summed E-state index contributed by atoms with van der Waals surface area (Å²) in [5.41, 5.74) is 1.06. The van der Waals surface area contributed by atoms with Gasteiger partial charge in [-0.1, -0.05) is 18.2 Å². The molecule has 0 radical (unpaired) electrons. The van der Waals surface area contributed by atoms with E-state index in [9.17, 15) is 9.59 Å². The molecule has 0 amide bonds. The SMILES string of the molecule is CCOc1ccccc1C1CCN(c2nc3c([nH]2)c(=O)[nH]c(=O)n3C)CC1. The molecule has 27 heavy (non-hydrogen) atoms. The zero-order chi connectivity index (χ0) is 19.0. The Bertz CT molecular complexity index is 1070. The van der Waals surface area contributed by atoms with Crippen molar-refractivity contribution in [3.05, 3.63) is 50.7 Å². The Morgan fingerprint density at radius 3 is 2.67 bits per heavy atom. The summed E-state index contributed by atoms with van der Waals surface area (Å²) in [5, 5.41) is 0. The van der Waals surface area contributed by atoms with Crippen molar-refractivity contribution in [3.63, 3.8) is 0 Å². The van der Waals surface area contributed by atoms with E-state index in [1.54, 1.807) is 7.05 Å². The summed E-state index contributed by atoms with van der Waals surface area (Å²) in [7, 11) is 1.60. The summed E-state index contributed by atoms with van der Waals surface area (Å²) >= 11 is 0. The van der Waals surface area contributed by atoms with Gasteiger partial charge in [0.2, 0.25) is 5.95 Å². The first-order chi connectivity index (χ1) is 13.1. The van der Waals surface area contributed by atoms with Crippen LogP contribution < -0.4 is 20.9 Å². The third-order valence-corrected chi connectivity index (χ3v) is 5.20. The van der Waals surface area contributed by atoms with E-state index in [0.29, 0.717) is 29.6 Å². The molecule has 0 atom stereocenters. The lowest BCUT2D eigenvalue weighted by atomic mass is 9.89. The summed E-state index contributed by atoms with van der Waals surface area (Å²) in [5.74, 6) is 2.03. The maximum absolute atomic E-state index is 12.0. The number of nitrogens with one attached hydrogen (secondary N) is 2. The van der Waals surface area contributed by atoms with Crippen molar-refractivity contribution in [3.8, 4) is 5.75 Å². The Hall–Kier alpha value is -3.03. The van der Waals surface area contributed by atoms with Crippen LogP contribution in [-0.2, 0) is 7.05 Å². The van der Waals surface area contributed by atoms with Crippen LogP contribution in [0.25, 0.3) is 11.2 Å². The number of aryl methyl sites for hydroxylation is 1. The molecule has 3 heterocycles. The Balaban J connectivity index is 1.56. The fourth-order valence-electron chi connectivity index (χ4n) is 3.75. The predicted octanol–water partition coefficient (Wildman–Crippen LogP) is 1.73. The largest absolute Gasteiger partial charge is 0.494 e. The van der Waals surface area contributed by atoms with Crippen LogP contribution in [0, 0.1) is 0 Å². The molecular weight excluding hydrogens is 346 g/mol. The zero-order valence-electron chi connectivity index (χ0n) is 15.5. The zero-order valence-corrected chi connectivity index (χ0v) is 15.5. The van der Waals surface area contributed by atoms with Gasteiger partial charge in [-0.05, 0) is 37.3 Å². The minimum Gasteiger partial charge on any atom is -0.494 e. The number of hydrogen-bond donors (Lipinski definition) is 2. The second-order valence-corrected chi connectivity index (χ2v) is 6.81. The van der Waals surface area contributed by atoms with Gasteiger partial charge in [-0.25, -0.2) is 4.79 Å². The highest BCUT2D eigenvalue weighted by molar-refractivity contribution is 5.72. The van der Waals surface area contributed by atoms with E-state index in [1.165, 1.54) is 10.1 Å². The predicted molar refractivity (Wildman–Crippen MR) is 104 cm³/mol. The van der Waals surface area contributed by atoms with Crippen LogP contribution in [0.4, 0.5) is 5.95 Å². The molecule has 2 aromatic heterocycles. The monoisotopic (exact) mass is 369 g/mol. The van der Waals surface area contributed by atoms with Gasteiger partial charge in [-0.2, -0.15) is 4.98 Å². The second kappa shape index (κ2) is 6.94. The number of ether oxygens (including phenoxy) is 1. The van der Waals surface area contributed by atoms with Gasteiger partial charge in [0.25, 0.3) is 5.56 Å². The van der Waals surface area contributed by atoms with Gasteiger partial charge in [-0.15, -0.1) is 0 Å². The summed E-state index contributed by atoms with van der Waals surface area (Å²) in [4.78, 5) is 35.8. The highest BCUT2D eigenvalue weighted by Gasteiger charge is 2.25. The van der Waals surface area contributed by atoms with Crippen molar-refractivity contribution in [2.45, 2.75) is 25.7 Å². The molecule has 1 aliphatic heterocycles. The molecule has 1 saturated heterocycles. The Kier molecular flexibility index (Phi) is 4.47. The molecule has 142 valence electrons.